The van der Waals surface area contributed by atoms with Crippen LogP contribution >= 0.6 is 15.9 Å². The van der Waals surface area contributed by atoms with Gasteiger partial charge in [0.15, 0.2) is 5.08 Å². The molecule has 0 radical (unpaired) electrons. The van der Waals surface area contributed by atoms with E-state index in [1.54, 1.807) is 0 Å². The molecule has 2 nitrogen and oxygen atoms in total. The van der Waals surface area contributed by atoms with E-state index in [1.165, 1.54) is 0 Å². The molecule has 0 aromatic carbocycles. The third-order valence-electron chi connectivity index (χ3n) is 0.329. The summed E-state index contributed by atoms with van der Waals surface area (Å²) in [6.45, 7) is 0. The van der Waals surface area contributed by atoms with Crippen molar-refractivity contribution in [2.45, 2.75) is 11.5 Å². The highest BCUT2D eigenvalue weighted by Crippen LogP contribution is 2.04. The summed E-state index contributed by atoms with van der Waals surface area (Å²) in [6, 6.07) is 0. The van der Waals surface area contributed by atoms with Crippen molar-refractivity contribution in [3.63, 3.8) is 0 Å². The highest BCUT2D eigenvalue weighted by molar-refractivity contribution is 9.09. The van der Waals surface area contributed by atoms with Gasteiger partial charge in [0.05, 0.1) is 6.42 Å². The van der Waals surface area contributed by atoms with Gasteiger partial charge in [-0.3, -0.25) is 4.79 Å². The van der Waals surface area contributed by atoms with Gasteiger partial charge in [-0.15, -0.1) is 0 Å². The molecule has 0 fully saturated rings. The van der Waals surface area contributed by atoms with Crippen molar-refractivity contribution in [1.82, 2.24) is 0 Å². The van der Waals surface area contributed by atoms with Gasteiger partial charge in [0, 0.05) is 0 Å². The summed E-state index contributed by atoms with van der Waals surface area (Å²) >= 11 is 2.43. The molecule has 0 rings (SSSR count). The predicted molar refractivity (Wildman–Crippen MR) is 26.1 cm³/mol. The quantitative estimate of drug-likeness (QED) is 0.632. The smallest absolute Gasteiger partial charge is 0.307 e. The fourth-order valence-corrected chi connectivity index (χ4v) is 0.409. The largest absolute Gasteiger partial charge is 0.481 e. The second-order valence-electron chi connectivity index (χ2n) is 0.989. The molecule has 4 heteroatoms. The lowest BCUT2D eigenvalue weighted by atomic mass is 10.5. The van der Waals surface area contributed by atoms with Crippen LogP contribution in [0.4, 0.5) is 4.39 Å². The molecule has 0 aromatic heterocycles. The van der Waals surface area contributed by atoms with Crippen LogP contribution in [0, 0.1) is 0 Å². The minimum atomic E-state index is -1.41. The maximum atomic E-state index is 11.5. The van der Waals surface area contributed by atoms with E-state index in [-0.39, 0.29) is 0 Å². The Morgan fingerprint density at radius 2 is 2.43 bits per heavy atom. The summed E-state index contributed by atoms with van der Waals surface area (Å²) in [6.07, 6.45) is -0.472. The predicted octanol–water partition coefficient (Wildman–Crippen LogP) is 1.15. The topological polar surface area (TPSA) is 37.3 Å². The number of carboxylic acids is 1. The molecule has 0 saturated heterocycles. The maximum Gasteiger partial charge on any atom is 0.307 e. The van der Waals surface area contributed by atoms with E-state index in [0.717, 1.165) is 0 Å². The summed E-state index contributed by atoms with van der Waals surface area (Å²) in [5.41, 5.74) is 0. The highest BCUT2D eigenvalue weighted by Gasteiger charge is 2.04. The van der Waals surface area contributed by atoms with Gasteiger partial charge < -0.3 is 5.11 Å². The molecule has 0 amide bonds. The van der Waals surface area contributed by atoms with Crippen LogP contribution < -0.4 is 0 Å². The molecule has 0 aliphatic rings. The van der Waals surface area contributed by atoms with Crippen molar-refractivity contribution in [3.8, 4) is 0 Å². The molecule has 7 heavy (non-hydrogen) atoms. The first-order chi connectivity index (χ1) is 3.13. The average molecular weight is 171 g/mol. The van der Waals surface area contributed by atoms with Crippen LogP contribution in [-0.2, 0) is 4.79 Å². The summed E-state index contributed by atoms with van der Waals surface area (Å²) < 4.78 is 11.5. The van der Waals surface area contributed by atoms with Gasteiger partial charge in [-0.25, -0.2) is 4.39 Å². The Kier molecular flexibility index (Phi) is 2.91. The Hall–Kier alpha value is -0.120. The van der Waals surface area contributed by atoms with Crippen molar-refractivity contribution in [2.75, 3.05) is 0 Å². The van der Waals surface area contributed by atoms with Gasteiger partial charge in [-0.05, 0) is 0 Å². The number of aliphatic carboxylic acids is 1. The Balaban J connectivity index is 3.13. The van der Waals surface area contributed by atoms with E-state index in [1.807, 2.05) is 0 Å². The number of rotatable bonds is 2. The van der Waals surface area contributed by atoms with Crippen LogP contribution in [0.3, 0.4) is 0 Å². The fourth-order valence-electron chi connectivity index (χ4n) is 0.132. The second kappa shape index (κ2) is 2.96. The van der Waals surface area contributed by atoms with Crippen molar-refractivity contribution < 1.29 is 14.3 Å². The van der Waals surface area contributed by atoms with Crippen LogP contribution in [0.15, 0.2) is 0 Å². The van der Waals surface area contributed by atoms with Crippen LogP contribution in [0.25, 0.3) is 0 Å². The van der Waals surface area contributed by atoms with Crippen LogP contribution in [0.1, 0.15) is 6.42 Å². The van der Waals surface area contributed by atoms with E-state index >= 15 is 0 Å². The summed E-state index contributed by atoms with van der Waals surface area (Å²) in [4.78, 5) is 9.54. The van der Waals surface area contributed by atoms with E-state index < -0.39 is 17.5 Å². The number of carboxylic acid groups (broad SMARTS) is 1. The van der Waals surface area contributed by atoms with Crippen LogP contribution in [0.2, 0.25) is 0 Å². The van der Waals surface area contributed by atoms with Crippen molar-refractivity contribution in [3.05, 3.63) is 0 Å². The zero-order valence-electron chi connectivity index (χ0n) is 3.40. The lowest BCUT2D eigenvalue weighted by Crippen LogP contribution is -1.99. The van der Waals surface area contributed by atoms with Crippen LogP contribution in [-0.4, -0.2) is 16.2 Å². The molecule has 1 N–H and O–H groups in total. The molecule has 1 atom stereocenters. The van der Waals surface area contributed by atoms with Gasteiger partial charge in [-0.2, -0.15) is 0 Å². The summed E-state index contributed by atoms with van der Waals surface area (Å²) in [5.74, 6) is -1.13. The molecular formula is C3H4BrFO2. The SMILES string of the molecule is O=C(O)CC(F)Br. The number of hydrogen-bond donors (Lipinski definition) is 1. The Morgan fingerprint density at radius 3 is 2.43 bits per heavy atom. The van der Waals surface area contributed by atoms with Gasteiger partial charge in [0.25, 0.3) is 0 Å². The van der Waals surface area contributed by atoms with Crippen LogP contribution in [0.5, 0.6) is 0 Å². The summed E-state index contributed by atoms with van der Waals surface area (Å²) in [7, 11) is 0. The Labute approximate surface area is 48.5 Å². The lowest BCUT2D eigenvalue weighted by Gasteiger charge is -1.88. The molecule has 0 aliphatic carbocycles. The lowest BCUT2D eigenvalue weighted by molar-refractivity contribution is -0.137. The molecule has 0 saturated carbocycles. The summed E-state index contributed by atoms with van der Waals surface area (Å²) in [5, 5.41) is 6.40. The van der Waals surface area contributed by atoms with Gasteiger partial charge in [-0.1, -0.05) is 15.9 Å². The van der Waals surface area contributed by atoms with Gasteiger partial charge >= 0.3 is 5.97 Å². The van der Waals surface area contributed by atoms with E-state index in [4.69, 9.17) is 5.11 Å². The third-order valence-corrected chi connectivity index (χ3v) is 0.653. The fraction of sp³-hybridized carbons (Fsp3) is 0.667. The Morgan fingerprint density at radius 1 is 2.00 bits per heavy atom. The Bertz CT molecular complexity index is 73.3. The standard InChI is InChI=1S/C3H4BrFO2/c4-2(5)1-3(6)7/h2H,1H2,(H,6,7). The van der Waals surface area contributed by atoms with Gasteiger partial charge in [0.2, 0.25) is 0 Å². The minimum Gasteiger partial charge on any atom is -0.481 e. The first-order valence-electron chi connectivity index (χ1n) is 1.63. The first-order valence-corrected chi connectivity index (χ1v) is 2.54. The molecular weight excluding hydrogens is 167 g/mol. The average Bonchev–Trinajstić information content (AvgIpc) is 1.27. The number of halogens is 2. The maximum absolute atomic E-state index is 11.5. The first kappa shape index (κ1) is 6.88. The highest BCUT2D eigenvalue weighted by atomic mass is 79.9. The number of hydrogen-bond acceptors (Lipinski definition) is 1. The van der Waals surface area contributed by atoms with Crippen molar-refractivity contribution in [2.24, 2.45) is 0 Å². The number of alkyl halides is 2. The van der Waals surface area contributed by atoms with E-state index in [0.29, 0.717) is 0 Å². The van der Waals surface area contributed by atoms with E-state index in [9.17, 15) is 9.18 Å². The normalized spacial score (nSPS) is 13.4. The van der Waals surface area contributed by atoms with Gasteiger partial charge in [0.1, 0.15) is 0 Å². The monoisotopic (exact) mass is 170 g/mol. The molecule has 0 bridgehead atoms. The van der Waals surface area contributed by atoms with Crippen molar-refractivity contribution >= 4 is 21.9 Å². The molecule has 1 unspecified atom stereocenters. The second-order valence-corrected chi connectivity index (χ2v) is 1.98. The minimum absolute atomic E-state index is 0.472. The molecule has 42 valence electrons. The number of carbonyl (C=O) groups is 1. The molecule has 0 heterocycles. The third kappa shape index (κ3) is 5.88. The molecule has 0 spiro atoms. The zero-order chi connectivity index (χ0) is 5.86. The molecule has 0 aliphatic heterocycles. The van der Waals surface area contributed by atoms with Crippen molar-refractivity contribution in [1.29, 1.82) is 0 Å². The zero-order valence-corrected chi connectivity index (χ0v) is 4.98. The molecule has 0 aromatic rings. The van der Waals surface area contributed by atoms with E-state index in [2.05, 4.69) is 15.9 Å².